The number of rotatable bonds is 8. The molecular weight excluding hydrogens is 396 g/mol. The van der Waals surface area contributed by atoms with Crippen LogP contribution in [0.5, 0.6) is 0 Å². The predicted octanol–water partition coefficient (Wildman–Crippen LogP) is 4.82. The highest BCUT2D eigenvalue weighted by molar-refractivity contribution is 7.99. The summed E-state index contributed by atoms with van der Waals surface area (Å²) in [5.41, 5.74) is 1.01. The Hall–Kier alpha value is -2.25. The van der Waals surface area contributed by atoms with Gasteiger partial charge >= 0.3 is 0 Å². The lowest BCUT2D eigenvalue weighted by molar-refractivity contribution is -0.119. The van der Waals surface area contributed by atoms with E-state index in [1.165, 1.54) is 11.8 Å². The van der Waals surface area contributed by atoms with Gasteiger partial charge in [0.05, 0.1) is 18.1 Å². The van der Waals surface area contributed by atoms with E-state index in [-0.39, 0.29) is 17.7 Å². The standard InChI is InChI=1S/C20H23ClN4O2S/c1-13(2)11-25-19(17-5-4-10-27-17)23-24-20(25)28-12-18(26)22-14(3)15-6-8-16(21)9-7-15/h4-10,13-14H,11-12H2,1-3H3,(H,22,26). The monoisotopic (exact) mass is 418 g/mol. The summed E-state index contributed by atoms with van der Waals surface area (Å²) in [6.07, 6.45) is 1.61. The van der Waals surface area contributed by atoms with Gasteiger partial charge in [-0.25, -0.2) is 0 Å². The highest BCUT2D eigenvalue weighted by Gasteiger charge is 2.18. The second kappa shape index (κ2) is 9.30. The molecule has 0 saturated heterocycles. The van der Waals surface area contributed by atoms with Gasteiger partial charge in [-0.3, -0.25) is 9.36 Å². The first-order valence-corrected chi connectivity index (χ1v) is 10.4. The largest absolute Gasteiger partial charge is 0.461 e. The summed E-state index contributed by atoms with van der Waals surface area (Å²) in [4.78, 5) is 12.4. The smallest absolute Gasteiger partial charge is 0.230 e. The molecule has 8 heteroatoms. The number of amides is 1. The number of nitrogens with zero attached hydrogens (tertiary/aromatic N) is 3. The molecule has 0 spiro atoms. The van der Waals surface area contributed by atoms with Gasteiger partial charge in [-0.1, -0.05) is 49.3 Å². The van der Waals surface area contributed by atoms with Crippen molar-refractivity contribution in [2.45, 2.75) is 38.5 Å². The molecule has 0 bridgehead atoms. The van der Waals surface area contributed by atoms with Crippen LogP contribution < -0.4 is 5.32 Å². The van der Waals surface area contributed by atoms with Gasteiger partial charge in [0.15, 0.2) is 16.7 Å². The second-order valence-corrected chi connectivity index (χ2v) is 8.30. The second-order valence-electron chi connectivity index (χ2n) is 6.92. The minimum absolute atomic E-state index is 0.0638. The normalized spacial score (nSPS) is 12.3. The van der Waals surface area contributed by atoms with Crippen LogP contribution in [0.1, 0.15) is 32.4 Å². The van der Waals surface area contributed by atoms with Gasteiger partial charge < -0.3 is 9.73 Å². The van der Waals surface area contributed by atoms with E-state index in [9.17, 15) is 4.79 Å². The minimum Gasteiger partial charge on any atom is -0.461 e. The molecule has 0 aliphatic heterocycles. The van der Waals surface area contributed by atoms with Crippen molar-refractivity contribution in [3.8, 4) is 11.6 Å². The zero-order valence-corrected chi connectivity index (χ0v) is 17.6. The molecule has 1 amide bonds. The summed E-state index contributed by atoms with van der Waals surface area (Å²) in [7, 11) is 0. The summed E-state index contributed by atoms with van der Waals surface area (Å²) in [6.45, 7) is 6.94. The van der Waals surface area contributed by atoms with Gasteiger partial charge in [-0.2, -0.15) is 0 Å². The molecule has 1 unspecified atom stereocenters. The van der Waals surface area contributed by atoms with Crippen LogP contribution in [-0.2, 0) is 11.3 Å². The average molecular weight is 419 g/mol. The fourth-order valence-corrected chi connectivity index (χ4v) is 3.65. The molecule has 148 valence electrons. The Morgan fingerprint density at radius 2 is 1.96 bits per heavy atom. The SMILES string of the molecule is CC(C)Cn1c(SCC(=O)NC(C)c2ccc(Cl)cc2)nnc1-c1ccco1. The predicted molar refractivity (Wildman–Crippen MR) is 111 cm³/mol. The summed E-state index contributed by atoms with van der Waals surface area (Å²) in [6, 6.07) is 11.0. The molecule has 3 aromatic rings. The lowest BCUT2D eigenvalue weighted by atomic mass is 10.1. The van der Waals surface area contributed by atoms with Gasteiger partial charge in [-0.15, -0.1) is 10.2 Å². The highest BCUT2D eigenvalue weighted by Crippen LogP contribution is 2.25. The molecule has 28 heavy (non-hydrogen) atoms. The average Bonchev–Trinajstić information content (AvgIpc) is 3.30. The number of benzene rings is 1. The molecule has 1 N–H and O–H groups in total. The highest BCUT2D eigenvalue weighted by atomic mass is 35.5. The third kappa shape index (κ3) is 5.17. The maximum Gasteiger partial charge on any atom is 0.230 e. The van der Waals surface area contributed by atoms with E-state index in [0.29, 0.717) is 27.7 Å². The number of carbonyl (C=O) groups excluding carboxylic acids is 1. The summed E-state index contributed by atoms with van der Waals surface area (Å²) < 4.78 is 7.47. The van der Waals surface area contributed by atoms with Crippen molar-refractivity contribution in [2.75, 3.05) is 5.75 Å². The Morgan fingerprint density at radius 3 is 2.61 bits per heavy atom. The van der Waals surface area contributed by atoms with Crippen molar-refractivity contribution < 1.29 is 9.21 Å². The van der Waals surface area contributed by atoms with E-state index in [0.717, 1.165) is 12.1 Å². The first-order chi connectivity index (χ1) is 13.4. The van der Waals surface area contributed by atoms with E-state index < -0.39 is 0 Å². The van der Waals surface area contributed by atoms with Gasteiger partial charge in [-0.05, 0) is 42.7 Å². The third-order valence-electron chi connectivity index (χ3n) is 4.09. The maximum absolute atomic E-state index is 12.4. The lowest BCUT2D eigenvalue weighted by Crippen LogP contribution is -2.28. The minimum atomic E-state index is -0.0995. The number of halogens is 1. The maximum atomic E-state index is 12.4. The molecule has 0 aliphatic carbocycles. The van der Waals surface area contributed by atoms with Crippen LogP contribution in [0.3, 0.4) is 0 Å². The Labute approximate surface area is 173 Å². The summed E-state index contributed by atoms with van der Waals surface area (Å²) >= 11 is 7.29. The van der Waals surface area contributed by atoms with Crippen molar-refractivity contribution in [2.24, 2.45) is 5.92 Å². The van der Waals surface area contributed by atoms with Crippen LogP contribution in [0.4, 0.5) is 0 Å². The Morgan fingerprint density at radius 1 is 1.21 bits per heavy atom. The van der Waals surface area contributed by atoms with Crippen LogP contribution in [0.2, 0.25) is 5.02 Å². The zero-order valence-electron chi connectivity index (χ0n) is 16.1. The summed E-state index contributed by atoms with van der Waals surface area (Å²) in [5.74, 6) is 1.94. The molecule has 1 atom stereocenters. The van der Waals surface area contributed by atoms with Crippen molar-refractivity contribution in [3.63, 3.8) is 0 Å². The van der Waals surface area contributed by atoms with E-state index in [1.54, 1.807) is 6.26 Å². The van der Waals surface area contributed by atoms with Crippen LogP contribution >= 0.6 is 23.4 Å². The number of nitrogens with one attached hydrogen (secondary N) is 1. The quantitative estimate of drug-likeness (QED) is 0.531. The van der Waals surface area contributed by atoms with E-state index >= 15 is 0 Å². The van der Waals surface area contributed by atoms with Gasteiger partial charge in [0.2, 0.25) is 5.91 Å². The van der Waals surface area contributed by atoms with Crippen LogP contribution in [0, 0.1) is 5.92 Å². The first kappa shape index (κ1) is 20.5. The molecule has 0 radical (unpaired) electrons. The van der Waals surface area contributed by atoms with Crippen LogP contribution in [0.15, 0.2) is 52.2 Å². The molecule has 0 saturated carbocycles. The van der Waals surface area contributed by atoms with Crippen molar-refractivity contribution in [1.82, 2.24) is 20.1 Å². The molecule has 1 aromatic carbocycles. The van der Waals surface area contributed by atoms with Crippen LogP contribution in [0.25, 0.3) is 11.6 Å². The molecular formula is C20H23ClN4O2S. The topological polar surface area (TPSA) is 73.0 Å². The van der Waals surface area contributed by atoms with E-state index in [1.807, 2.05) is 47.9 Å². The number of hydrogen-bond acceptors (Lipinski definition) is 5. The van der Waals surface area contributed by atoms with Crippen molar-refractivity contribution >= 4 is 29.3 Å². The Balaban J connectivity index is 1.65. The zero-order chi connectivity index (χ0) is 20.1. The molecule has 3 rings (SSSR count). The van der Waals surface area contributed by atoms with Gasteiger partial charge in [0.1, 0.15) is 0 Å². The number of carbonyl (C=O) groups is 1. The fourth-order valence-electron chi connectivity index (χ4n) is 2.76. The molecule has 0 aliphatic rings. The Kier molecular flexibility index (Phi) is 6.80. The number of furan rings is 1. The fraction of sp³-hybridized carbons (Fsp3) is 0.350. The molecule has 2 aromatic heterocycles. The third-order valence-corrected chi connectivity index (χ3v) is 5.30. The van der Waals surface area contributed by atoms with Crippen LogP contribution in [-0.4, -0.2) is 26.4 Å². The molecule has 0 fully saturated rings. The lowest BCUT2D eigenvalue weighted by Gasteiger charge is -2.15. The first-order valence-electron chi connectivity index (χ1n) is 9.08. The van der Waals surface area contributed by atoms with E-state index in [2.05, 4.69) is 29.4 Å². The number of aromatic nitrogens is 3. The Bertz CT molecular complexity index is 907. The molecule has 6 nitrogen and oxygen atoms in total. The van der Waals surface area contributed by atoms with Gasteiger partial charge in [0.25, 0.3) is 0 Å². The van der Waals surface area contributed by atoms with Crippen molar-refractivity contribution in [1.29, 1.82) is 0 Å². The number of thioether (sulfide) groups is 1. The van der Waals surface area contributed by atoms with Crippen molar-refractivity contribution in [3.05, 3.63) is 53.2 Å². The van der Waals surface area contributed by atoms with Gasteiger partial charge in [0, 0.05) is 11.6 Å². The van der Waals surface area contributed by atoms with E-state index in [4.69, 9.17) is 16.0 Å². The summed E-state index contributed by atoms with van der Waals surface area (Å²) in [5, 5.41) is 12.9. The number of hydrogen-bond donors (Lipinski definition) is 1. The molecule has 2 heterocycles.